The van der Waals surface area contributed by atoms with E-state index in [0.29, 0.717) is 0 Å². The Hall–Kier alpha value is -2.30. The van der Waals surface area contributed by atoms with Crippen LogP contribution in [0.3, 0.4) is 0 Å². The third-order valence-electron chi connectivity index (χ3n) is 3.20. The fourth-order valence-corrected chi connectivity index (χ4v) is 2.20. The van der Waals surface area contributed by atoms with Gasteiger partial charge in [-0.05, 0) is 12.0 Å². The fourth-order valence-electron chi connectivity index (χ4n) is 2.20. The first-order chi connectivity index (χ1) is 9.33. The molecule has 0 saturated carbocycles. The predicted octanol–water partition coefficient (Wildman–Crippen LogP) is 2.14. The normalized spacial score (nSPS) is 18.6. The molecule has 1 fully saturated rings. The number of rotatable bonds is 2. The van der Waals surface area contributed by atoms with E-state index in [2.05, 4.69) is 27.2 Å². The number of benzene rings is 1. The molecular formula is C15H16N4. The Bertz CT molecular complexity index is 518. The van der Waals surface area contributed by atoms with E-state index in [1.54, 1.807) is 0 Å². The van der Waals surface area contributed by atoms with Crippen LogP contribution in [0.4, 0.5) is 0 Å². The largest absolute Gasteiger partial charge is 0.395 e. The van der Waals surface area contributed by atoms with Crippen LogP contribution in [0.15, 0.2) is 41.7 Å². The molecule has 19 heavy (non-hydrogen) atoms. The molecule has 0 atom stereocenters. The maximum Gasteiger partial charge on any atom is 0.280 e. The van der Waals surface area contributed by atoms with Gasteiger partial charge in [0.05, 0.1) is 12.6 Å². The first kappa shape index (κ1) is 13.1. The summed E-state index contributed by atoms with van der Waals surface area (Å²) in [5.74, 6) is 0. The second kappa shape index (κ2) is 6.58. The zero-order valence-electron chi connectivity index (χ0n) is 10.8. The molecule has 1 aromatic carbocycles. The molecule has 96 valence electrons. The zero-order valence-corrected chi connectivity index (χ0v) is 10.8. The summed E-state index contributed by atoms with van der Waals surface area (Å²) >= 11 is 0. The van der Waals surface area contributed by atoms with Crippen LogP contribution in [0.25, 0.3) is 4.85 Å². The lowest BCUT2D eigenvalue weighted by molar-refractivity contribution is 0.285. The molecule has 1 aliphatic heterocycles. The Morgan fingerprint density at radius 3 is 2.84 bits per heavy atom. The van der Waals surface area contributed by atoms with E-state index >= 15 is 0 Å². The highest BCUT2D eigenvalue weighted by Crippen LogP contribution is 2.13. The van der Waals surface area contributed by atoms with Gasteiger partial charge in [0.25, 0.3) is 5.70 Å². The number of nitriles is 1. The van der Waals surface area contributed by atoms with E-state index in [4.69, 9.17) is 11.8 Å². The van der Waals surface area contributed by atoms with Gasteiger partial charge in [0.1, 0.15) is 0 Å². The van der Waals surface area contributed by atoms with Gasteiger partial charge in [0.15, 0.2) is 0 Å². The molecule has 1 saturated heterocycles. The van der Waals surface area contributed by atoms with Gasteiger partial charge in [0.2, 0.25) is 0 Å². The van der Waals surface area contributed by atoms with Crippen molar-refractivity contribution >= 4 is 0 Å². The van der Waals surface area contributed by atoms with E-state index < -0.39 is 0 Å². The molecule has 4 heteroatoms. The topological polar surface area (TPSA) is 43.4 Å². The molecule has 0 amide bonds. The fraction of sp³-hybridized carbons (Fsp3) is 0.333. The van der Waals surface area contributed by atoms with Crippen molar-refractivity contribution < 1.29 is 0 Å². The van der Waals surface area contributed by atoms with Crippen LogP contribution in [-0.4, -0.2) is 24.5 Å². The second-order valence-electron chi connectivity index (χ2n) is 4.49. The SMILES string of the molecule is [C-]#[N+]/C(C#N)=C1\CCN(Cc2ccccc2)CCN1. The van der Waals surface area contributed by atoms with Crippen LogP contribution < -0.4 is 5.32 Å². The number of nitrogens with zero attached hydrogens (tertiary/aromatic N) is 3. The van der Waals surface area contributed by atoms with Crippen molar-refractivity contribution in [3.05, 3.63) is 58.7 Å². The van der Waals surface area contributed by atoms with Gasteiger partial charge in [-0.15, -0.1) is 0 Å². The van der Waals surface area contributed by atoms with Crippen molar-refractivity contribution in [2.24, 2.45) is 0 Å². The first-order valence-electron chi connectivity index (χ1n) is 6.34. The molecule has 0 radical (unpaired) electrons. The number of hydrogen-bond donors (Lipinski definition) is 1. The van der Waals surface area contributed by atoms with E-state index in [0.717, 1.165) is 38.3 Å². The zero-order chi connectivity index (χ0) is 13.5. The molecule has 1 N–H and O–H groups in total. The molecule has 1 aliphatic rings. The number of allylic oxidation sites excluding steroid dienone is 1. The van der Waals surface area contributed by atoms with Crippen molar-refractivity contribution in [1.29, 1.82) is 5.26 Å². The Kier molecular flexibility index (Phi) is 4.55. The van der Waals surface area contributed by atoms with Gasteiger partial charge in [0, 0.05) is 31.9 Å². The molecule has 1 heterocycles. The van der Waals surface area contributed by atoms with Crippen LogP contribution in [0, 0.1) is 17.9 Å². The lowest BCUT2D eigenvalue weighted by Crippen LogP contribution is -2.27. The van der Waals surface area contributed by atoms with Gasteiger partial charge in [-0.25, -0.2) is 10.1 Å². The minimum atomic E-state index is 0.196. The van der Waals surface area contributed by atoms with Crippen LogP contribution >= 0.6 is 0 Å². The summed E-state index contributed by atoms with van der Waals surface area (Å²) in [7, 11) is 0. The van der Waals surface area contributed by atoms with Crippen molar-refractivity contribution in [2.45, 2.75) is 13.0 Å². The summed E-state index contributed by atoms with van der Waals surface area (Å²) < 4.78 is 0. The van der Waals surface area contributed by atoms with Gasteiger partial charge in [-0.2, -0.15) is 0 Å². The van der Waals surface area contributed by atoms with Crippen molar-refractivity contribution in [1.82, 2.24) is 10.2 Å². The summed E-state index contributed by atoms with van der Waals surface area (Å²) in [5.41, 5.74) is 2.27. The van der Waals surface area contributed by atoms with E-state index in [9.17, 15) is 0 Å². The van der Waals surface area contributed by atoms with Gasteiger partial charge in [-0.3, -0.25) is 4.90 Å². The average Bonchev–Trinajstić information content (AvgIpc) is 2.68. The smallest absolute Gasteiger partial charge is 0.280 e. The molecular weight excluding hydrogens is 236 g/mol. The van der Waals surface area contributed by atoms with Gasteiger partial charge in [-0.1, -0.05) is 30.3 Å². The predicted molar refractivity (Wildman–Crippen MR) is 73.6 cm³/mol. The van der Waals surface area contributed by atoms with E-state index in [1.807, 2.05) is 24.3 Å². The van der Waals surface area contributed by atoms with Gasteiger partial charge < -0.3 is 5.32 Å². The van der Waals surface area contributed by atoms with Gasteiger partial charge >= 0.3 is 0 Å². The standard InChI is InChI=1S/C15H16N4/c1-17-15(11-16)14-7-9-19(10-8-18-14)12-13-5-3-2-4-6-13/h2-6,18H,7-10,12H2/b15-14+. The molecule has 4 nitrogen and oxygen atoms in total. The number of hydrogen-bond acceptors (Lipinski definition) is 3. The summed E-state index contributed by atoms with van der Waals surface area (Å²) in [6.07, 6.45) is 0.734. The molecule has 0 unspecified atom stereocenters. The van der Waals surface area contributed by atoms with Crippen molar-refractivity contribution in [3.8, 4) is 6.07 Å². The Balaban J connectivity index is 2.00. The van der Waals surface area contributed by atoms with Crippen molar-refractivity contribution in [3.63, 3.8) is 0 Å². The van der Waals surface area contributed by atoms with E-state index in [1.165, 1.54) is 5.56 Å². The quantitative estimate of drug-likeness (QED) is 0.648. The molecule has 0 aromatic heterocycles. The highest BCUT2D eigenvalue weighted by atomic mass is 15.2. The Labute approximate surface area is 113 Å². The first-order valence-corrected chi connectivity index (χ1v) is 6.34. The lowest BCUT2D eigenvalue weighted by Gasteiger charge is -2.18. The average molecular weight is 252 g/mol. The minimum Gasteiger partial charge on any atom is -0.395 e. The Morgan fingerprint density at radius 1 is 1.37 bits per heavy atom. The lowest BCUT2D eigenvalue weighted by atomic mass is 10.2. The molecule has 0 bridgehead atoms. The third kappa shape index (κ3) is 3.58. The monoisotopic (exact) mass is 252 g/mol. The minimum absolute atomic E-state index is 0.196. The maximum absolute atomic E-state index is 8.90. The summed E-state index contributed by atoms with van der Waals surface area (Å²) in [6, 6.07) is 12.3. The maximum atomic E-state index is 8.90. The molecule has 0 aliphatic carbocycles. The Morgan fingerprint density at radius 2 is 2.16 bits per heavy atom. The van der Waals surface area contributed by atoms with Crippen LogP contribution in [0.1, 0.15) is 12.0 Å². The molecule has 1 aromatic rings. The summed E-state index contributed by atoms with van der Waals surface area (Å²) in [5, 5.41) is 12.1. The number of nitrogens with one attached hydrogen (secondary N) is 1. The molecule has 2 rings (SSSR count). The van der Waals surface area contributed by atoms with Crippen molar-refractivity contribution in [2.75, 3.05) is 19.6 Å². The second-order valence-corrected chi connectivity index (χ2v) is 4.49. The summed E-state index contributed by atoms with van der Waals surface area (Å²) in [4.78, 5) is 5.61. The van der Waals surface area contributed by atoms with Crippen LogP contribution in [0.2, 0.25) is 0 Å². The highest BCUT2D eigenvalue weighted by Gasteiger charge is 2.14. The third-order valence-corrected chi connectivity index (χ3v) is 3.20. The van der Waals surface area contributed by atoms with Crippen LogP contribution in [-0.2, 0) is 6.54 Å². The van der Waals surface area contributed by atoms with E-state index in [-0.39, 0.29) is 5.70 Å². The highest BCUT2D eigenvalue weighted by molar-refractivity contribution is 5.32. The molecule has 0 spiro atoms. The van der Waals surface area contributed by atoms with Crippen LogP contribution in [0.5, 0.6) is 0 Å². The summed E-state index contributed by atoms with van der Waals surface area (Å²) in [6.45, 7) is 10.5.